The van der Waals surface area contributed by atoms with E-state index in [1.165, 1.54) is 4.90 Å². The fourth-order valence-electron chi connectivity index (χ4n) is 3.30. The van der Waals surface area contributed by atoms with Crippen LogP contribution < -0.4 is 5.56 Å². The van der Waals surface area contributed by atoms with Crippen molar-refractivity contribution in [3.63, 3.8) is 0 Å². The predicted octanol–water partition coefficient (Wildman–Crippen LogP) is 2.52. The summed E-state index contributed by atoms with van der Waals surface area (Å²) in [5.41, 5.74) is 1.54. The number of carbonyl (C=O) groups is 1. The Hall–Kier alpha value is -1.92. The Balaban J connectivity index is 1.54. The van der Waals surface area contributed by atoms with Gasteiger partial charge < -0.3 is 4.98 Å². The van der Waals surface area contributed by atoms with Crippen molar-refractivity contribution in [1.29, 1.82) is 0 Å². The van der Waals surface area contributed by atoms with Gasteiger partial charge in [-0.05, 0) is 43.8 Å². The number of hydrogen-bond donors (Lipinski definition) is 1. The predicted molar refractivity (Wildman–Crippen MR) is 99.8 cm³/mol. The van der Waals surface area contributed by atoms with Gasteiger partial charge in [-0.2, -0.15) is 0 Å². The highest BCUT2D eigenvalue weighted by Crippen LogP contribution is 2.24. The molecule has 25 heavy (non-hydrogen) atoms. The quantitative estimate of drug-likeness (QED) is 0.805. The van der Waals surface area contributed by atoms with Gasteiger partial charge in [0.05, 0.1) is 0 Å². The number of carbonyl (C=O) groups excluding carboxylic acids is 1. The molecular weight excluding hydrogens is 334 g/mol. The fourth-order valence-corrected chi connectivity index (χ4v) is 3.92. The molecule has 1 aromatic heterocycles. The first-order valence-electron chi connectivity index (χ1n) is 8.57. The lowest BCUT2D eigenvalue weighted by Gasteiger charge is -2.30. The Kier molecular flexibility index (Phi) is 6.04. The molecule has 5 nitrogen and oxygen atoms in total. The number of benzene rings is 1. The first kappa shape index (κ1) is 17.9. The van der Waals surface area contributed by atoms with E-state index in [9.17, 15) is 9.59 Å². The van der Waals surface area contributed by atoms with Crippen LogP contribution in [0.3, 0.4) is 0 Å². The molecule has 0 atom stereocenters. The third-order valence-corrected chi connectivity index (χ3v) is 5.59. The molecule has 2 heterocycles. The molecule has 1 aliphatic heterocycles. The largest absolute Gasteiger partial charge is 0.326 e. The summed E-state index contributed by atoms with van der Waals surface area (Å²) in [6.07, 6.45) is 7.41. The molecule has 1 aliphatic rings. The molecule has 0 spiro atoms. The van der Waals surface area contributed by atoms with Crippen molar-refractivity contribution in [3.05, 3.63) is 58.3 Å². The highest BCUT2D eigenvalue weighted by molar-refractivity contribution is 7.98. The van der Waals surface area contributed by atoms with Crippen LogP contribution in [0.1, 0.15) is 24.1 Å². The van der Waals surface area contributed by atoms with Crippen molar-refractivity contribution in [2.24, 2.45) is 5.92 Å². The number of piperidine rings is 1. The number of Topliss-reactive ketones (excluding diaryl/α,β-unsaturated/α-hetero) is 1. The van der Waals surface area contributed by atoms with Crippen molar-refractivity contribution in [2.45, 2.75) is 30.7 Å². The summed E-state index contributed by atoms with van der Waals surface area (Å²) in [7, 11) is 0. The lowest BCUT2D eigenvalue weighted by atomic mass is 9.89. The number of aromatic amines is 1. The zero-order valence-electron chi connectivity index (χ0n) is 14.4. The molecule has 6 heteroatoms. The minimum atomic E-state index is -0.130. The summed E-state index contributed by atoms with van der Waals surface area (Å²) >= 11 is 1.69. The van der Waals surface area contributed by atoms with E-state index >= 15 is 0 Å². The van der Waals surface area contributed by atoms with E-state index in [4.69, 9.17) is 0 Å². The fraction of sp³-hybridized carbons (Fsp3) is 0.421. The van der Waals surface area contributed by atoms with Crippen molar-refractivity contribution in [1.82, 2.24) is 14.9 Å². The van der Waals surface area contributed by atoms with E-state index in [0.29, 0.717) is 24.4 Å². The standard InChI is InChI=1S/C19H23N3O2S/c1-25-18-5-3-2-4-15(18)12-17(23)14-6-10-22(11-7-14)13-16-19(24)21-9-8-20-16/h2-5,8-9,14H,6-7,10-13H2,1H3,(H,21,24). The normalized spacial score (nSPS) is 16.0. The minimum absolute atomic E-state index is 0.119. The van der Waals surface area contributed by atoms with Crippen LogP contribution in [0.2, 0.25) is 0 Å². The molecule has 1 N–H and O–H groups in total. The zero-order valence-corrected chi connectivity index (χ0v) is 15.2. The number of likely N-dealkylation sites (tertiary alicyclic amines) is 1. The van der Waals surface area contributed by atoms with E-state index < -0.39 is 0 Å². The second kappa shape index (κ2) is 8.45. The molecule has 2 aromatic rings. The van der Waals surface area contributed by atoms with Gasteiger partial charge in [-0.15, -0.1) is 11.8 Å². The molecule has 0 aliphatic carbocycles. The Morgan fingerprint density at radius 3 is 2.80 bits per heavy atom. The number of hydrogen-bond acceptors (Lipinski definition) is 5. The number of nitrogens with one attached hydrogen (secondary N) is 1. The van der Waals surface area contributed by atoms with Gasteiger partial charge in [0.2, 0.25) is 0 Å². The van der Waals surface area contributed by atoms with Gasteiger partial charge in [0.15, 0.2) is 0 Å². The van der Waals surface area contributed by atoms with E-state index in [1.807, 2.05) is 24.5 Å². The maximum atomic E-state index is 12.7. The van der Waals surface area contributed by atoms with E-state index in [-0.39, 0.29) is 11.5 Å². The van der Waals surface area contributed by atoms with Crippen molar-refractivity contribution in [2.75, 3.05) is 19.3 Å². The first-order chi connectivity index (χ1) is 12.2. The third kappa shape index (κ3) is 4.58. The summed E-state index contributed by atoms with van der Waals surface area (Å²) in [5, 5.41) is 0. The van der Waals surface area contributed by atoms with Crippen molar-refractivity contribution < 1.29 is 4.79 Å². The zero-order chi connectivity index (χ0) is 17.6. The number of thioether (sulfide) groups is 1. The van der Waals surface area contributed by atoms with Gasteiger partial charge in [-0.1, -0.05) is 18.2 Å². The molecule has 0 radical (unpaired) electrons. The van der Waals surface area contributed by atoms with E-state index in [2.05, 4.69) is 20.9 Å². The maximum absolute atomic E-state index is 12.7. The van der Waals surface area contributed by atoms with E-state index in [0.717, 1.165) is 31.5 Å². The van der Waals surface area contributed by atoms with Crippen LogP contribution in [0.15, 0.2) is 46.3 Å². The summed E-state index contributed by atoms with van der Waals surface area (Å²) in [5.74, 6) is 0.449. The minimum Gasteiger partial charge on any atom is -0.326 e. The molecule has 132 valence electrons. The van der Waals surface area contributed by atoms with Crippen LogP contribution in [-0.4, -0.2) is 40.0 Å². The van der Waals surface area contributed by atoms with Crippen molar-refractivity contribution >= 4 is 17.5 Å². The van der Waals surface area contributed by atoms with Gasteiger partial charge >= 0.3 is 0 Å². The summed E-state index contributed by atoms with van der Waals surface area (Å²) < 4.78 is 0. The van der Waals surface area contributed by atoms with Crippen LogP contribution in [0.5, 0.6) is 0 Å². The van der Waals surface area contributed by atoms with Crippen LogP contribution in [0, 0.1) is 5.92 Å². The molecular formula is C19H23N3O2S. The second-order valence-electron chi connectivity index (χ2n) is 6.37. The maximum Gasteiger partial charge on any atom is 0.270 e. The monoisotopic (exact) mass is 357 g/mol. The van der Waals surface area contributed by atoms with Gasteiger partial charge in [0.1, 0.15) is 11.5 Å². The number of H-pyrrole nitrogens is 1. The number of aromatic nitrogens is 2. The second-order valence-corrected chi connectivity index (χ2v) is 7.22. The van der Waals surface area contributed by atoms with Gasteiger partial charge in [-0.25, -0.2) is 0 Å². The smallest absolute Gasteiger partial charge is 0.270 e. The molecule has 0 bridgehead atoms. The molecule has 3 rings (SSSR count). The van der Waals surface area contributed by atoms with Crippen LogP contribution in [0.25, 0.3) is 0 Å². The average molecular weight is 357 g/mol. The van der Waals surface area contributed by atoms with Crippen LogP contribution >= 0.6 is 11.8 Å². The molecule has 1 saturated heterocycles. The Bertz CT molecular complexity index is 782. The molecule has 1 aromatic carbocycles. The Morgan fingerprint density at radius 2 is 2.08 bits per heavy atom. The lowest BCUT2D eigenvalue weighted by molar-refractivity contribution is -0.123. The van der Waals surface area contributed by atoms with Crippen LogP contribution in [0.4, 0.5) is 0 Å². The number of rotatable bonds is 6. The lowest BCUT2D eigenvalue weighted by Crippen LogP contribution is -2.37. The highest BCUT2D eigenvalue weighted by Gasteiger charge is 2.25. The SMILES string of the molecule is CSc1ccccc1CC(=O)C1CCN(Cc2ncc[nH]c2=O)CC1. The Labute approximate surface area is 151 Å². The van der Waals surface area contributed by atoms with Gasteiger partial charge in [0, 0.05) is 36.2 Å². The summed E-state index contributed by atoms with van der Waals surface area (Å²) in [6.45, 7) is 2.21. The topological polar surface area (TPSA) is 66.1 Å². The molecule has 0 amide bonds. The van der Waals surface area contributed by atoms with Crippen molar-refractivity contribution in [3.8, 4) is 0 Å². The van der Waals surface area contributed by atoms with Crippen LogP contribution in [-0.2, 0) is 17.8 Å². The van der Waals surface area contributed by atoms with Gasteiger partial charge in [-0.3, -0.25) is 19.5 Å². The number of ketones is 1. The van der Waals surface area contributed by atoms with E-state index in [1.54, 1.807) is 24.2 Å². The molecule has 0 unspecified atom stereocenters. The number of nitrogens with zero attached hydrogens (tertiary/aromatic N) is 2. The molecule has 0 saturated carbocycles. The first-order valence-corrected chi connectivity index (χ1v) is 9.79. The summed E-state index contributed by atoms with van der Waals surface area (Å²) in [6, 6.07) is 8.12. The summed E-state index contributed by atoms with van der Waals surface area (Å²) in [4.78, 5) is 34.6. The van der Waals surface area contributed by atoms with Gasteiger partial charge in [0.25, 0.3) is 5.56 Å². The molecule has 1 fully saturated rings. The highest BCUT2D eigenvalue weighted by atomic mass is 32.2. The Morgan fingerprint density at radius 1 is 1.32 bits per heavy atom. The average Bonchev–Trinajstić information content (AvgIpc) is 2.64. The third-order valence-electron chi connectivity index (χ3n) is 4.75.